The monoisotopic (exact) mass is 513 g/mol. The summed E-state index contributed by atoms with van der Waals surface area (Å²) in [6.07, 6.45) is 7.86. The van der Waals surface area contributed by atoms with Gasteiger partial charge in [-0.2, -0.15) is 5.26 Å². The molecule has 0 aromatic heterocycles. The lowest BCUT2D eigenvalue weighted by atomic mass is 9.37. The van der Waals surface area contributed by atoms with Crippen LogP contribution >= 0.6 is 0 Å². The van der Waals surface area contributed by atoms with E-state index >= 15 is 0 Å². The average molecular weight is 514 g/mol. The first-order valence-corrected chi connectivity index (χ1v) is 14.4. The van der Waals surface area contributed by atoms with E-state index in [0.717, 1.165) is 44.1 Å². The molecule has 0 bridgehead atoms. The molecule has 7 atom stereocenters. The van der Waals surface area contributed by atoms with E-state index in [0.29, 0.717) is 24.8 Å². The topological polar surface area (TPSA) is 105 Å². The Bertz CT molecular complexity index is 1050. The third-order valence-electron chi connectivity index (χ3n) is 12.5. The van der Waals surface area contributed by atoms with Crippen LogP contribution in [0.1, 0.15) is 113 Å². The van der Waals surface area contributed by atoms with Crippen LogP contribution in [0.4, 0.5) is 0 Å². The number of fused-ring (bicyclic) bond motifs is 5. The van der Waals surface area contributed by atoms with Gasteiger partial charge in [0.05, 0.1) is 11.6 Å². The molecule has 0 aliphatic heterocycles. The van der Waals surface area contributed by atoms with E-state index in [1.54, 1.807) is 0 Å². The van der Waals surface area contributed by atoms with E-state index in [1.807, 2.05) is 19.9 Å². The number of aliphatic hydroxyl groups excluding tert-OH is 3. The Balaban J connectivity index is 1.91. The fourth-order valence-electron chi connectivity index (χ4n) is 9.27. The molecule has 0 spiro atoms. The number of rotatable bonds is 1. The lowest BCUT2D eigenvalue weighted by Gasteiger charge is -2.68. The molecule has 0 unspecified atom stereocenters. The fraction of sp³-hybridized carbons (Fsp3) is 0.844. The molecule has 0 aromatic carbocycles. The minimum atomic E-state index is -1.29. The van der Waals surface area contributed by atoms with E-state index < -0.39 is 33.4 Å². The maximum absolute atomic E-state index is 12.6. The molecular weight excluding hydrogens is 462 g/mol. The zero-order chi connectivity index (χ0) is 27.9. The Morgan fingerprint density at radius 1 is 0.919 bits per heavy atom. The molecule has 4 aliphatic rings. The Hall–Kier alpha value is -1.35. The summed E-state index contributed by atoms with van der Waals surface area (Å²) in [5.41, 5.74) is -1.92. The summed E-state index contributed by atoms with van der Waals surface area (Å²) in [6, 6.07) is 2.28. The van der Waals surface area contributed by atoms with Crippen molar-refractivity contribution in [1.82, 2.24) is 0 Å². The van der Waals surface area contributed by atoms with Crippen LogP contribution in [0.25, 0.3) is 0 Å². The highest BCUT2D eigenvalue weighted by Gasteiger charge is 2.69. The summed E-state index contributed by atoms with van der Waals surface area (Å²) < 4.78 is 0. The van der Waals surface area contributed by atoms with Crippen LogP contribution < -0.4 is 0 Å². The van der Waals surface area contributed by atoms with Gasteiger partial charge in [-0.1, -0.05) is 67.0 Å². The Kier molecular flexibility index (Phi) is 6.64. The van der Waals surface area contributed by atoms with Crippen molar-refractivity contribution in [2.45, 2.75) is 125 Å². The lowest BCUT2D eigenvalue weighted by Crippen LogP contribution is -2.68. The Labute approximate surface area is 224 Å². The fourth-order valence-corrected chi connectivity index (χ4v) is 9.27. The van der Waals surface area contributed by atoms with Crippen molar-refractivity contribution in [2.75, 3.05) is 6.61 Å². The summed E-state index contributed by atoms with van der Waals surface area (Å²) >= 11 is 0. The summed E-state index contributed by atoms with van der Waals surface area (Å²) in [6.45, 7) is 17.5. The summed E-state index contributed by atoms with van der Waals surface area (Å²) in [5.74, 6) is 0.333. The lowest BCUT2D eigenvalue weighted by molar-refractivity contribution is -0.217. The van der Waals surface area contributed by atoms with Crippen molar-refractivity contribution in [1.29, 1.82) is 5.26 Å². The quantitative estimate of drug-likeness (QED) is 0.296. The molecule has 5 nitrogen and oxygen atoms in total. The molecule has 4 N–H and O–H groups in total. The van der Waals surface area contributed by atoms with E-state index in [9.17, 15) is 25.7 Å². The van der Waals surface area contributed by atoms with Crippen molar-refractivity contribution in [3.05, 3.63) is 23.0 Å². The second kappa shape index (κ2) is 8.57. The normalized spacial score (nSPS) is 47.6. The standard InChI is InChI=1S/C32H51NO4/c1-26(2)11-13-28(5,20-34)14-15-31(8)30(7)10-9-22-27(3,4)25(36)21(19-33)18-29(22,6)23(30)17-24(35)32(31,37)16-12-26/h17,22,24,34-37H,9-16,18,20H2,1-8H3/t22-,24+,28-,29-,30+,31-,32+/m0/s1. The SMILES string of the molecule is CC1(C)CC[C@](C)(CO)CC[C@]2(C)[C@@](O)(CC1)[C@H](O)C=C1[C@@]3(C)CC(C#N)=C(O)C(C)(C)[C@@H]3CC[C@]12C. The van der Waals surface area contributed by atoms with E-state index in [1.165, 1.54) is 0 Å². The number of nitriles is 1. The second-order valence-electron chi connectivity index (χ2n) is 15.6. The molecular formula is C32H51NO4. The molecule has 2 saturated carbocycles. The van der Waals surface area contributed by atoms with Crippen LogP contribution in [-0.2, 0) is 0 Å². The van der Waals surface area contributed by atoms with Crippen molar-refractivity contribution in [3.8, 4) is 6.07 Å². The zero-order valence-electron chi connectivity index (χ0n) is 24.5. The maximum Gasteiger partial charge on any atom is 0.112 e. The maximum atomic E-state index is 12.6. The highest BCUT2D eigenvalue weighted by molar-refractivity contribution is 5.44. The zero-order valence-corrected chi connectivity index (χ0v) is 24.5. The minimum absolute atomic E-state index is 0.00389. The number of hydrogen-bond donors (Lipinski definition) is 4. The first kappa shape index (κ1) is 28.7. The highest BCUT2D eigenvalue weighted by Crippen LogP contribution is 2.73. The number of aliphatic hydroxyl groups is 4. The predicted molar refractivity (Wildman–Crippen MR) is 146 cm³/mol. The van der Waals surface area contributed by atoms with Gasteiger partial charge >= 0.3 is 0 Å². The van der Waals surface area contributed by atoms with Crippen LogP contribution in [0, 0.1) is 49.7 Å². The predicted octanol–water partition coefficient (Wildman–Crippen LogP) is 6.59. The molecule has 0 heterocycles. The summed E-state index contributed by atoms with van der Waals surface area (Å²) in [7, 11) is 0. The molecule has 2 fully saturated rings. The van der Waals surface area contributed by atoms with Crippen molar-refractivity contribution < 1.29 is 20.4 Å². The smallest absolute Gasteiger partial charge is 0.112 e. The van der Waals surface area contributed by atoms with Gasteiger partial charge in [0.1, 0.15) is 17.5 Å². The minimum Gasteiger partial charge on any atom is -0.511 e. The Morgan fingerprint density at radius 3 is 2.11 bits per heavy atom. The van der Waals surface area contributed by atoms with Gasteiger partial charge in [-0.25, -0.2) is 0 Å². The van der Waals surface area contributed by atoms with Crippen molar-refractivity contribution in [3.63, 3.8) is 0 Å². The van der Waals surface area contributed by atoms with Crippen molar-refractivity contribution >= 4 is 0 Å². The van der Waals surface area contributed by atoms with E-state index in [4.69, 9.17) is 0 Å². The average Bonchev–Trinajstić information content (AvgIpc) is 2.83. The van der Waals surface area contributed by atoms with Crippen LogP contribution in [0.3, 0.4) is 0 Å². The first-order valence-electron chi connectivity index (χ1n) is 14.4. The van der Waals surface area contributed by atoms with Crippen LogP contribution in [0.5, 0.6) is 0 Å². The third kappa shape index (κ3) is 3.87. The van der Waals surface area contributed by atoms with Crippen LogP contribution in [-0.4, -0.2) is 38.7 Å². The van der Waals surface area contributed by atoms with Gasteiger partial charge in [-0.15, -0.1) is 0 Å². The molecule has 0 saturated heterocycles. The van der Waals surface area contributed by atoms with Gasteiger partial charge in [0.25, 0.3) is 0 Å². The molecule has 0 amide bonds. The van der Waals surface area contributed by atoms with Gasteiger partial charge in [-0.05, 0) is 85.4 Å². The summed E-state index contributed by atoms with van der Waals surface area (Å²) in [4.78, 5) is 0. The largest absolute Gasteiger partial charge is 0.511 e. The molecule has 0 radical (unpaired) electrons. The van der Waals surface area contributed by atoms with Crippen LogP contribution in [0.2, 0.25) is 0 Å². The first-order chi connectivity index (χ1) is 16.9. The number of hydrogen-bond acceptors (Lipinski definition) is 5. The number of nitrogens with zero attached hydrogens (tertiary/aromatic N) is 1. The van der Waals surface area contributed by atoms with Crippen LogP contribution in [0.15, 0.2) is 23.0 Å². The van der Waals surface area contributed by atoms with Gasteiger partial charge < -0.3 is 20.4 Å². The van der Waals surface area contributed by atoms with Gasteiger partial charge in [0.2, 0.25) is 0 Å². The summed E-state index contributed by atoms with van der Waals surface area (Å²) in [5, 5.41) is 55.8. The second-order valence-corrected chi connectivity index (χ2v) is 15.6. The molecule has 5 heteroatoms. The van der Waals surface area contributed by atoms with Gasteiger partial charge in [0, 0.05) is 17.4 Å². The van der Waals surface area contributed by atoms with Crippen molar-refractivity contribution in [2.24, 2.45) is 38.4 Å². The number of allylic oxidation sites excluding steroid dienone is 3. The molecule has 4 rings (SSSR count). The van der Waals surface area contributed by atoms with E-state index in [2.05, 4.69) is 47.6 Å². The Morgan fingerprint density at radius 2 is 1.51 bits per heavy atom. The molecule has 37 heavy (non-hydrogen) atoms. The third-order valence-corrected chi connectivity index (χ3v) is 12.5. The molecule has 208 valence electrons. The highest BCUT2D eigenvalue weighted by atomic mass is 16.3. The van der Waals surface area contributed by atoms with E-state index in [-0.39, 0.29) is 29.1 Å². The van der Waals surface area contributed by atoms with Gasteiger partial charge in [-0.3, -0.25) is 0 Å². The molecule has 0 aromatic rings. The van der Waals surface area contributed by atoms with Gasteiger partial charge in [0.15, 0.2) is 0 Å². The molecule has 4 aliphatic carbocycles.